The summed E-state index contributed by atoms with van der Waals surface area (Å²) in [7, 11) is 5.67. The van der Waals surface area contributed by atoms with Crippen LogP contribution in [0.4, 0.5) is 5.69 Å². The summed E-state index contributed by atoms with van der Waals surface area (Å²) in [5, 5.41) is 0.680. The minimum atomic E-state index is 0.0651. The highest BCUT2D eigenvalue weighted by atomic mass is 35.5. The molecule has 0 N–H and O–H groups in total. The Bertz CT molecular complexity index is 972. The smallest absolute Gasteiger partial charge is 0.231 e. The van der Waals surface area contributed by atoms with E-state index in [4.69, 9.17) is 16.3 Å². The first-order valence-corrected chi connectivity index (χ1v) is 10.3. The second kappa shape index (κ2) is 10.3. The molecule has 30 heavy (non-hydrogen) atoms. The summed E-state index contributed by atoms with van der Waals surface area (Å²) in [6, 6.07) is 23.3. The van der Waals surface area contributed by atoms with Gasteiger partial charge < -0.3 is 14.5 Å². The van der Waals surface area contributed by atoms with E-state index in [0.29, 0.717) is 18.0 Å². The Morgan fingerprint density at radius 2 is 1.63 bits per heavy atom. The Hall–Kier alpha value is -2.82. The third-order valence-electron chi connectivity index (χ3n) is 4.92. The number of nitrogens with zero attached hydrogens (tertiary/aromatic N) is 2. The summed E-state index contributed by atoms with van der Waals surface area (Å²) in [6.45, 7) is 1.37. The van der Waals surface area contributed by atoms with Gasteiger partial charge in [0.2, 0.25) is 5.91 Å². The van der Waals surface area contributed by atoms with Gasteiger partial charge in [0.05, 0.1) is 13.5 Å². The summed E-state index contributed by atoms with van der Waals surface area (Å²) in [6.07, 6.45) is 0.358. The van der Waals surface area contributed by atoms with Crippen molar-refractivity contribution in [1.82, 2.24) is 4.90 Å². The number of ether oxygens (including phenoxy) is 1. The molecular formula is C25H27ClN2O2. The average Bonchev–Trinajstić information content (AvgIpc) is 2.75. The van der Waals surface area contributed by atoms with Gasteiger partial charge in [-0.2, -0.15) is 0 Å². The Morgan fingerprint density at radius 1 is 0.933 bits per heavy atom. The molecule has 3 aromatic carbocycles. The number of rotatable bonds is 8. The zero-order valence-corrected chi connectivity index (χ0v) is 18.4. The lowest BCUT2D eigenvalue weighted by molar-refractivity contribution is -0.118. The first kappa shape index (κ1) is 21.9. The van der Waals surface area contributed by atoms with Crippen LogP contribution in [0.3, 0.4) is 0 Å². The maximum atomic E-state index is 13.2. The lowest BCUT2D eigenvalue weighted by Crippen LogP contribution is -2.37. The number of benzene rings is 3. The molecule has 4 nitrogen and oxygen atoms in total. The zero-order valence-electron chi connectivity index (χ0n) is 17.6. The molecule has 3 rings (SSSR count). The molecule has 0 unspecified atom stereocenters. The largest absolute Gasteiger partial charge is 0.496 e. The second-order valence-corrected chi connectivity index (χ2v) is 7.84. The van der Waals surface area contributed by atoms with Crippen LogP contribution in [-0.4, -0.2) is 45.1 Å². The fraction of sp³-hybridized carbons (Fsp3) is 0.240. The van der Waals surface area contributed by atoms with E-state index in [2.05, 4.69) is 4.90 Å². The molecule has 0 atom stereocenters. The summed E-state index contributed by atoms with van der Waals surface area (Å²) in [5.74, 6) is 0.819. The standard InChI is InChI=1S/C25H27ClN2O2/c1-27(2)15-16-28(25(29)17-19-7-5-4-6-8-19)22-13-14-24(30-3)23(18-22)20-9-11-21(26)12-10-20/h4-14,18H,15-17H2,1-3H3. The molecule has 0 fully saturated rings. The van der Waals surface area contributed by atoms with Gasteiger partial charge in [-0.05, 0) is 55.6 Å². The fourth-order valence-electron chi connectivity index (χ4n) is 3.28. The molecule has 0 bridgehead atoms. The molecule has 5 heteroatoms. The number of hydrogen-bond donors (Lipinski definition) is 0. The molecule has 0 aliphatic carbocycles. The quantitative estimate of drug-likeness (QED) is 0.503. The van der Waals surface area contributed by atoms with E-state index in [0.717, 1.165) is 34.7 Å². The molecule has 0 heterocycles. The molecule has 0 aliphatic rings. The highest BCUT2D eigenvalue weighted by Crippen LogP contribution is 2.34. The Labute approximate surface area is 183 Å². The van der Waals surface area contributed by atoms with Gasteiger partial charge >= 0.3 is 0 Å². The maximum Gasteiger partial charge on any atom is 0.231 e. The minimum absolute atomic E-state index is 0.0651. The molecule has 156 valence electrons. The Morgan fingerprint density at radius 3 is 2.27 bits per heavy atom. The molecule has 0 saturated carbocycles. The number of carbonyl (C=O) groups is 1. The lowest BCUT2D eigenvalue weighted by Gasteiger charge is -2.26. The molecule has 0 radical (unpaired) electrons. The van der Waals surface area contributed by atoms with Crippen LogP contribution in [0.5, 0.6) is 5.75 Å². The van der Waals surface area contributed by atoms with Crippen molar-refractivity contribution in [1.29, 1.82) is 0 Å². The number of amides is 1. The molecule has 0 spiro atoms. The fourth-order valence-corrected chi connectivity index (χ4v) is 3.41. The Kier molecular flexibility index (Phi) is 7.50. The predicted octanol–water partition coefficient (Wildman–Crippen LogP) is 5.15. The van der Waals surface area contributed by atoms with E-state index in [-0.39, 0.29) is 5.91 Å². The van der Waals surface area contributed by atoms with Gasteiger partial charge in [0.25, 0.3) is 0 Å². The molecule has 3 aromatic rings. The second-order valence-electron chi connectivity index (χ2n) is 7.40. The van der Waals surface area contributed by atoms with Gasteiger partial charge in [0.15, 0.2) is 0 Å². The molecule has 0 saturated heterocycles. The van der Waals surface area contributed by atoms with Crippen LogP contribution in [0.1, 0.15) is 5.56 Å². The van der Waals surface area contributed by atoms with E-state index >= 15 is 0 Å². The van der Waals surface area contributed by atoms with Crippen molar-refractivity contribution in [3.8, 4) is 16.9 Å². The van der Waals surface area contributed by atoms with Gasteiger partial charge in [-0.3, -0.25) is 4.79 Å². The first-order chi connectivity index (χ1) is 14.5. The van der Waals surface area contributed by atoms with Crippen molar-refractivity contribution >= 4 is 23.2 Å². The van der Waals surface area contributed by atoms with Gasteiger partial charge in [0, 0.05) is 29.4 Å². The summed E-state index contributed by atoms with van der Waals surface area (Å²) < 4.78 is 5.57. The molecule has 0 aromatic heterocycles. The third-order valence-corrected chi connectivity index (χ3v) is 5.17. The number of anilines is 1. The van der Waals surface area contributed by atoms with Gasteiger partial charge in [-0.25, -0.2) is 0 Å². The van der Waals surface area contributed by atoms with Crippen LogP contribution >= 0.6 is 11.6 Å². The average molecular weight is 423 g/mol. The first-order valence-electron chi connectivity index (χ1n) is 9.91. The topological polar surface area (TPSA) is 32.8 Å². The van der Waals surface area contributed by atoms with Crippen LogP contribution in [0.25, 0.3) is 11.1 Å². The van der Waals surface area contributed by atoms with E-state index < -0.39 is 0 Å². The molecular weight excluding hydrogens is 396 g/mol. The van der Waals surface area contributed by atoms with Crippen molar-refractivity contribution in [2.45, 2.75) is 6.42 Å². The van der Waals surface area contributed by atoms with Crippen LogP contribution in [0.15, 0.2) is 72.8 Å². The highest BCUT2D eigenvalue weighted by Gasteiger charge is 2.18. The summed E-state index contributed by atoms with van der Waals surface area (Å²) in [4.78, 5) is 17.2. The van der Waals surface area contributed by atoms with Crippen molar-refractivity contribution in [3.05, 3.63) is 83.4 Å². The van der Waals surface area contributed by atoms with Crippen LogP contribution < -0.4 is 9.64 Å². The number of methoxy groups -OCH3 is 1. The van der Waals surface area contributed by atoms with Crippen LogP contribution in [-0.2, 0) is 11.2 Å². The summed E-state index contributed by atoms with van der Waals surface area (Å²) >= 11 is 6.06. The number of hydrogen-bond acceptors (Lipinski definition) is 3. The normalized spacial score (nSPS) is 10.8. The monoisotopic (exact) mass is 422 g/mol. The van der Waals surface area contributed by atoms with Crippen molar-refractivity contribution < 1.29 is 9.53 Å². The SMILES string of the molecule is COc1ccc(N(CCN(C)C)C(=O)Cc2ccccc2)cc1-c1ccc(Cl)cc1. The number of likely N-dealkylation sites (N-methyl/N-ethyl adjacent to an activating group) is 1. The molecule has 0 aliphatic heterocycles. The predicted molar refractivity (Wildman–Crippen MR) is 124 cm³/mol. The lowest BCUT2D eigenvalue weighted by atomic mass is 10.0. The Balaban J connectivity index is 1.96. The molecule has 1 amide bonds. The van der Waals surface area contributed by atoms with Gasteiger partial charge in [-0.1, -0.05) is 54.1 Å². The van der Waals surface area contributed by atoms with E-state index in [1.165, 1.54) is 0 Å². The van der Waals surface area contributed by atoms with Crippen LogP contribution in [0.2, 0.25) is 5.02 Å². The zero-order chi connectivity index (χ0) is 21.5. The van der Waals surface area contributed by atoms with Crippen molar-refractivity contribution in [2.24, 2.45) is 0 Å². The third kappa shape index (κ3) is 5.62. The number of carbonyl (C=O) groups excluding carboxylic acids is 1. The highest BCUT2D eigenvalue weighted by molar-refractivity contribution is 6.30. The van der Waals surface area contributed by atoms with Gasteiger partial charge in [-0.15, -0.1) is 0 Å². The maximum absolute atomic E-state index is 13.2. The minimum Gasteiger partial charge on any atom is -0.496 e. The van der Waals surface area contributed by atoms with E-state index in [9.17, 15) is 4.79 Å². The van der Waals surface area contributed by atoms with E-state index in [1.807, 2.05) is 91.8 Å². The van der Waals surface area contributed by atoms with Crippen molar-refractivity contribution in [2.75, 3.05) is 39.2 Å². The van der Waals surface area contributed by atoms with Crippen molar-refractivity contribution in [3.63, 3.8) is 0 Å². The number of halogens is 1. The van der Waals surface area contributed by atoms with Crippen LogP contribution in [0, 0.1) is 0 Å². The van der Waals surface area contributed by atoms with E-state index in [1.54, 1.807) is 7.11 Å². The van der Waals surface area contributed by atoms with Gasteiger partial charge in [0.1, 0.15) is 5.75 Å². The summed E-state index contributed by atoms with van der Waals surface area (Å²) in [5.41, 5.74) is 3.77.